The Morgan fingerprint density at radius 2 is 1.50 bits per heavy atom. The molecule has 2 aromatic heterocycles. The minimum atomic E-state index is -5.08. The molecule has 15 heteroatoms. The molecule has 36 heavy (non-hydrogen) atoms. The number of nitrogens with zero attached hydrogens (tertiary/aromatic N) is 3. The van der Waals surface area contributed by atoms with E-state index in [9.17, 15) is 26.3 Å². The van der Waals surface area contributed by atoms with Crippen LogP contribution in [0.5, 0.6) is 0 Å². The molecule has 2 saturated heterocycles. The number of thiazole rings is 1. The smallest absolute Gasteiger partial charge is 0.475 e. The van der Waals surface area contributed by atoms with E-state index in [4.69, 9.17) is 19.8 Å². The van der Waals surface area contributed by atoms with Crippen molar-refractivity contribution in [1.29, 1.82) is 0 Å². The zero-order valence-corrected chi connectivity index (χ0v) is 21.0. The summed E-state index contributed by atoms with van der Waals surface area (Å²) in [5.74, 6) is -5.51. The molecule has 0 saturated carbocycles. The Labute approximate surface area is 211 Å². The number of hydrogen-bond donors (Lipinski definition) is 2. The summed E-state index contributed by atoms with van der Waals surface area (Å²) in [6.45, 7) is 11.5. The summed E-state index contributed by atoms with van der Waals surface area (Å²) in [5.41, 5.74) is 1.82. The van der Waals surface area contributed by atoms with Crippen molar-refractivity contribution in [2.24, 2.45) is 5.41 Å². The third kappa shape index (κ3) is 9.33. The molecule has 7 nitrogen and oxygen atoms in total. The third-order valence-corrected chi connectivity index (χ3v) is 7.16. The molecule has 0 radical (unpaired) electrons. The molecule has 4 heterocycles. The molecule has 1 spiro atoms. The molecule has 0 amide bonds. The highest BCUT2D eigenvalue weighted by Gasteiger charge is 2.47. The number of carboxylic acids is 2. The van der Waals surface area contributed by atoms with Crippen LogP contribution in [0, 0.1) is 19.3 Å². The highest BCUT2D eigenvalue weighted by molar-refractivity contribution is 7.11. The van der Waals surface area contributed by atoms with Gasteiger partial charge in [-0.1, -0.05) is 0 Å². The molecule has 2 N–H and O–H groups in total. The van der Waals surface area contributed by atoms with E-state index < -0.39 is 24.3 Å². The summed E-state index contributed by atoms with van der Waals surface area (Å²) in [6.07, 6.45) is -8.81. The Bertz CT molecular complexity index is 1010. The maximum atomic E-state index is 10.6. The third-order valence-electron chi connectivity index (χ3n) is 5.35. The number of hydrogen-bond acceptors (Lipinski definition) is 7. The van der Waals surface area contributed by atoms with Crippen LogP contribution in [0.15, 0.2) is 17.5 Å². The molecular weight excluding hydrogens is 536 g/mol. The molecule has 0 aliphatic carbocycles. The molecule has 0 bridgehead atoms. The van der Waals surface area contributed by atoms with Gasteiger partial charge in [0, 0.05) is 53.3 Å². The Kier molecular flexibility index (Phi) is 9.90. The van der Waals surface area contributed by atoms with E-state index in [1.165, 1.54) is 53.1 Å². The van der Waals surface area contributed by atoms with Gasteiger partial charge in [0.15, 0.2) is 0 Å². The van der Waals surface area contributed by atoms with Crippen LogP contribution in [-0.4, -0.2) is 75.5 Å². The molecule has 0 aromatic carbocycles. The van der Waals surface area contributed by atoms with Crippen LogP contribution in [0.25, 0.3) is 0 Å². The van der Waals surface area contributed by atoms with Gasteiger partial charge >= 0.3 is 24.3 Å². The lowest BCUT2D eigenvalue weighted by Crippen LogP contribution is -2.56. The van der Waals surface area contributed by atoms with Gasteiger partial charge < -0.3 is 10.2 Å². The highest BCUT2D eigenvalue weighted by atomic mass is 32.1. The number of aryl methyl sites for hydroxylation is 2. The zero-order chi connectivity index (χ0) is 27.3. The molecule has 0 unspecified atom stereocenters. The first-order valence-corrected chi connectivity index (χ1v) is 12.2. The minimum absolute atomic E-state index is 0.567. The van der Waals surface area contributed by atoms with Gasteiger partial charge in [0.1, 0.15) is 0 Å². The molecular formula is C21H25F6N3O4S2. The number of carbonyl (C=O) groups is 2. The van der Waals surface area contributed by atoms with Gasteiger partial charge in [0.2, 0.25) is 0 Å². The standard InChI is InChI=1S/C17H23N3S2.2C2HF3O2/c1-13-3-4-16(22-13)8-20-11-17(12-20)5-6-19(10-17)7-15-9-21-14(2)18-15;2*3-2(4,5)1(6)7/h3-4,9H,5-8,10-12H2,1-2H3;2*(H,6,7). The van der Waals surface area contributed by atoms with E-state index in [2.05, 4.69) is 46.1 Å². The predicted octanol–water partition coefficient (Wildman–Crippen LogP) is 4.80. The largest absolute Gasteiger partial charge is 0.490 e. The van der Waals surface area contributed by atoms with Crippen LogP contribution >= 0.6 is 22.7 Å². The summed E-state index contributed by atoms with van der Waals surface area (Å²) >= 11 is 3.71. The SMILES string of the molecule is Cc1ccc(CN2CC3(CCN(Cc4csc(C)n4)C3)C2)s1.O=C(O)C(F)(F)F.O=C(O)C(F)(F)F. The number of likely N-dealkylation sites (tertiary alicyclic amines) is 2. The highest BCUT2D eigenvalue weighted by Crippen LogP contribution is 2.41. The molecule has 2 aliphatic rings. The van der Waals surface area contributed by atoms with Crippen molar-refractivity contribution in [2.75, 3.05) is 26.2 Å². The fourth-order valence-corrected chi connectivity index (χ4v) is 5.47. The quantitative estimate of drug-likeness (QED) is 0.519. The molecule has 0 atom stereocenters. The maximum Gasteiger partial charge on any atom is 0.490 e. The predicted molar refractivity (Wildman–Crippen MR) is 121 cm³/mol. The Morgan fingerprint density at radius 1 is 0.972 bits per heavy atom. The second-order valence-corrected chi connectivity index (χ2v) is 11.0. The maximum absolute atomic E-state index is 10.6. The number of aromatic nitrogens is 1. The Balaban J connectivity index is 0.000000271. The molecule has 2 fully saturated rings. The summed E-state index contributed by atoms with van der Waals surface area (Å²) in [5, 5.41) is 17.6. The lowest BCUT2D eigenvalue weighted by atomic mass is 9.79. The van der Waals surface area contributed by atoms with E-state index in [0.717, 1.165) is 13.1 Å². The van der Waals surface area contributed by atoms with Crippen LogP contribution in [0.3, 0.4) is 0 Å². The lowest BCUT2D eigenvalue weighted by molar-refractivity contribution is -0.193. The van der Waals surface area contributed by atoms with Crippen LogP contribution in [-0.2, 0) is 22.7 Å². The van der Waals surface area contributed by atoms with Gasteiger partial charge in [0.05, 0.1) is 10.7 Å². The monoisotopic (exact) mass is 561 g/mol. The number of rotatable bonds is 4. The van der Waals surface area contributed by atoms with Crippen molar-refractivity contribution in [2.45, 2.75) is 45.7 Å². The minimum Gasteiger partial charge on any atom is -0.475 e. The second-order valence-electron chi connectivity index (χ2n) is 8.58. The average Bonchev–Trinajstić information content (AvgIpc) is 3.42. The zero-order valence-electron chi connectivity index (χ0n) is 19.3. The first kappa shape index (κ1) is 30.0. The summed E-state index contributed by atoms with van der Waals surface area (Å²) in [6, 6.07) is 4.53. The van der Waals surface area contributed by atoms with Gasteiger partial charge in [-0.15, -0.1) is 22.7 Å². The Morgan fingerprint density at radius 3 is 1.92 bits per heavy atom. The van der Waals surface area contributed by atoms with Crippen molar-refractivity contribution in [3.8, 4) is 0 Å². The van der Waals surface area contributed by atoms with E-state index in [0.29, 0.717) is 5.41 Å². The number of carboxylic acid groups (broad SMARTS) is 2. The van der Waals surface area contributed by atoms with Crippen molar-refractivity contribution < 1.29 is 46.1 Å². The van der Waals surface area contributed by atoms with Crippen molar-refractivity contribution in [3.63, 3.8) is 0 Å². The van der Waals surface area contributed by atoms with Crippen LogP contribution in [0.2, 0.25) is 0 Å². The van der Waals surface area contributed by atoms with Crippen molar-refractivity contribution in [1.82, 2.24) is 14.8 Å². The molecule has 202 valence electrons. The van der Waals surface area contributed by atoms with Crippen LogP contribution in [0.1, 0.15) is 26.9 Å². The van der Waals surface area contributed by atoms with Gasteiger partial charge in [-0.2, -0.15) is 26.3 Å². The van der Waals surface area contributed by atoms with Crippen molar-refractivity contribution >= 4 is 34.6 Å². The summed E-state index contributed by atoms with van der Waals surface area (Å²) in [4.78, 5) is 30.6. The van der Waals surface area contributed by atoms with E-state index in [1.807, 2.05) is 11.3 Å². The number of alkyl halides is 6. The fourth-order valence-electron chi connectivity index (χ4n) is 3.94. The van der Waals surface area contributed by atoms with E-state index >= 15 is 0 Å². The number of aliphatic carboxylic acids is 2. The van der Waals surface area contributed by atoms with Crippen LogP contribution < -0.4 is 0 Å². The fraction of sp³-hybridized carbons (Fsp3) is 0.571. The first-order chi connectivity index (χ1) is 16.5. The lowest BCUT2D eigenvalue weighted by Gasteiger charge is -2.48. The normalized spacial score (nSPS) is 17.6. The summed E-state index contributed by atoms with van der Waals surface area (Å²) < 4.78 is 63.5. The van der Waals surface area contributed by atoms with E-state index in [1.54, 1.807) is 11.3 Å². The van der Waals surface area contributed by atoms with Gasteiger partial charge in [0.25, 0.3) is 0 Å². The van der Waals surface area contributed by atoms with Gasteiger partial charge in [-0.25, -0.2) is 14.6 Å². The number of thiophene rings is 1. The topological polar surface area (TPSA) is 94.0 Å². The average molecular weight is 562 g/mol. The number of halogens is 6. The molecule has 2 aromatic rings. The summed E-state index contributed by atoms with van der Waals surface area (Å²) in [7, 11) is 0. The van der Waals surface area contributed by atoms with Gasteiger partial charge in [-0.3, -0.25) is 9.80 Å². The van der Waals surface area contributed by atoms with E-state index in [-0.39, 0.29) is 0 Å². The second kappa shape index (κ2) is 11.9. The molecule has 4 rings (SSSR count). The molecule has 2 aliphatic heterocycles. The van der Waals surface area contributed by atoms with Crippen molar-refractivity contribution in [3.05, 3.63) is 38.0 Å². The van der Waals surface area contributed by atoms with Crippen LogP contribution in [0.4, 0.5) is 26.3 Å². The van der Waals surface area contributed by atoms with Gasteiger partial charge in [-0.05, 0) is 38.9 Å². The first-order valence-electron chi connectivity index (χ1n) is 10.5. The Hall–Kier alpha value is -2.23.